The first kappa shape index (κ1) is 83.8. The van der Waals surface area contributed by atoms with Crippen molar-refractivity contribution in [2.24, 2.45) is 16.3 Å². The predicted molar refractivity (Wildman–Crippen MR) is 303 cm³/mol. The molecule has 5 N–H and O–H groups in total. The number of carbonyl (C=O) groups excluding carboxylic acids is 2. The van der Waals surface area contributed by atoms with Gasteiger partial charge in [0.25, 0.3) is 5.91 Å². The number of rotatable bonds is 7. The Balaban J connectivity index is -0.0000000667. The molecule has 0 aromatic heterocycles. The van der Waals surface area contributed by atoms with Crippen LogP contribution in [0.2, 0.25) is 0 Å². The Labute approximate surface area is 407 Å². The normalized spacial score (nSPS) is 9.69. The second-order valence-corrected chi connectivity index (χ2v) is 12.7. The van der Waals surface area contributed by atoms with Gasteiger partial charge >= 0.3 is 0 Å². The van der Waals surface area contributed by atoms with E-state index in [-0.39, 0.29) is 32.1 Å². The monoisotopic (exact) mass is 913 g/mol. The molecule has 1 fully saturated rings. The van der Waals surface area contributed by atoms with Crippen molar-refractivity contribution in [1.82, 2.24) is 26.6 Å². The first-order valence-corrected chi connectivity index (χ1v) is 23.7. The van der Waals surface area contributed by atoms with Crippen molar-refractivity contribution < 1.29 is 9.59 Å². The van der Waals surface area contributed by atoms with E-state index in [0.29, 0.717) is 11.5 Å². The van der Waals surface area contributed by atoms with E-state index in [1.807, 2.05) is 184 Å². The van der Waals surface area contributed by atoms with Crippen molar-refractivity contribution in [2.75, 3.05) is 42.3 Å². The van der Waals surface area contributed by atoms with E-state index in [0.717, 1.165) is 36.3 Å². The molecule has 0 spiro atoms. The zero-order valence-corrected chi connectivity index (χ0v) is 45.2. The van der Waals surface area contributed by atoms with Gasteiger partial charge in [0.1, 0.15) is 0 Å². The molecular formula is C57H112N6O2. The molecular weight excluding hydrogens is 801 g/mol. The van der Waals surface area contributed by atoms with E-state index >= 15 is 0 Å². The summed E-state index contributed by atoms with van der Waals surface area (Å²) in [4.78, 5) is 25.8. The average Bonchev–Trinajstić information content (AvgIpc) is 3.36. The molecule has 0 aliphatic heterocycles. The lowest BCUT2D eigenvalue weighted by molar-refractivity contribution is -0.125. The molecule has 3 aromatic rings. The van der Waals surface area contributed by atoms with Crippen molar-refractivity contribution in [3.8, 4) is 0 Å². The number of carbonyl (C=O) groups is 2. The summed E-state index contributed by atoms with van der Waals surface area (Å²) in [6, 6.07) is 29.5. The molecule has 3 aromatic carbocycles. The quantitative estimate of drug-likeness (QED) is 0.152. The Kier molecular flexibility index (Phi) is 91.5. The number of allylic oxidation sites excluding steroid dienone is 2. The number of aliphatic imine (C=N–C) groups is 1. The minimum absolute atomic E-state index is 0. The molecule has 0 bridgehead atoms. The van der Waals surface area contributed by atoms with Gasteiger partial charge in [-0.2, -0.15) is 0 Å². The minimum Gasteiger partial charge on any atom is -0.392 e. The summed E-state index contributed by atoms with van der Waals surface area (Å²) in [5.74, 6) is 0.513. The number of nitrogens with zero attached hydrogens (tertiary/aromatic N) is 1. The van der Waals surface area contributed by atoms with Crippen LogP contribution in [0.5, 0.6) is 0 Å². The molecule has 0 unspecified atom stereocenters. The third-order valence-electron chi connectivity index (χ3n) is 7.42. The average molecular weight is 914 g/mol. The molecule has 8 heteroatoms. The highest BCUT2D eigenvalue weighted by molar-refractivity contribution is 5.93. The highest BCUT2D eigenvalue weighted by Crippen LogP contribution is 2.23. The van der Waals surface area contributed by atoms with Gasteiger partial charge in [-0.1, -0.05) is 230 Å². The van der Waals surface area contributed by atoms with E-state index in [1.165, 1.54) is 24.8 Å². The van der Waals surface area contributed by atoms with Crippen molar-refractivity contribution in [3.05, 3.63) is 132 Å². The van der Waals surface area contributed by atoms with Crippen LogP contribution in [0.3, 0.4) is 0 Å². The standard InChI is InChI=1S/C8H15NO.C8H9NO.C8H11N.C8H9N.C7H15N.C4H9N.6C2H6.2CH4/c2*1-9-8(10)7-5-3-2-4-6-7;2*1-9-7-8-5-3-2-4-6-8;1-6(8-5)7(2,3)4;1-4(2)5-3;6*1-2;;/h7H,2-6H2,1H3,(H,9,10);2-6H,1H3,(H,9,10);2-6,9H,7H2,1H3;2-7H,1H3;8H,1H2,2-5H3;5H,1H2,2-3H3;6*1-2H3;2*1H4. The second kappa shape index (κ2) is 71.0. The molecule has 382 valence electrons. The lowest BCUT2D eigenvalue weighted by Gasteiger charge is -2.20. The van der Waals surface area contributed by atoms with Gasteiger partial charge in [0.15, 0.2) is 0 Å². The highest BCUT2D eigenvalue weighted by Gasteiger charge is 2.19. The molecule has 1 saturated carbocycles. The van der Waals surface area contributed by atoms with E-state index in [4.69, 9.17) is 0 Å². The van der Waals surface area contributed by atoms with Gasteiger partial charge in [0, 0.05) is 70.6 Å². The Bertz CT molecular complexity index is 1330. The smallest absolute Gasteiger partial charge is 0.251 e. The van der Waals surface area contributed by atoms with Crippen LogP contribution >= 0.6 is 0 Å². The fraction of sp³-hybridized carbons (Fsp3) is 0.561. The Hall–Kier alpha value is -4.69. The maximum Gasteiger partial charge on any atom is 0.251 e. The van der Waals surface area contributed by atoms with Crippen LogP contribution in [-0.2, 0) is 11.3 Å². The Morgan fingerprint density at radius 3 is 1.25 bits per heavy atom. The second-order valence-electron chi connectivity index (χ2n) is 12.7. The first-order chi connectivity index (χ1) is 30.3. The van der Waals surface area contributed by atoms with Crippen molar-refractivity contribution >= 4 is 18.0 Å². The summed E-state index contributed by atoms with van der Waals surface area (Å²) in [6.07, 6.45) is 7.81. The number of nitrogens with one attached hydrogen (secondary N) is 5. The first-order valence-electron chi connectivity index (χ1n) is 23.7. The Morgan fingerprint density at radius 1 is 0.600 bits per heavy atom. The molecule has 1 aliphatic rings. The van der Waals surface area contributed by atoms with Gasteiger partial charge in [0.2, 0.25) is 5.91 Å². The molecule has 65 heavy (non-hydrogen) atoms. The van der Waals surface area contributed by atoms with Gasteiger partial charge in [0.05, 0.1) is 0 Å². The van der Waals surface area contributed by atoms with E-state index in [2.05, 4.69) is 77.6 Å². The number of hydrogen-bond acceptors (Lipinski definition) is 6. The molecule has 0 radical (unpaired) electrons. The lowest BCUT2D eigenvalue weighted by atomic mass is 9.89. The summed E-state index contributed by atoms with van der Waals surface area (Å²) in [5.41, 5.74) is 5.47. The molecule has 2 amide bonds. The summed E-state index contributed by atoms with van der Waals surface area (Å²) in [7, 11) is 10.8. The third kappa shape index (κ3) is 63.7. The van der Waals surface area contributed by atoms with Crippen LogP contribution in [-0.4, -0.2) is 60.3 Å². The van der Waals surface area contributed by atoms with Crippen LogP contribution in [0.1, 0.15) is 179 Å². The largest absolute Gasteiger partial charge is 0.392 e. The number of benzene rings is 3. The van der Waals surface area contributed by atoms with Crippen molar-refractivity contribution in [3.63, 3.8) is 0 Å². The Morgan fingerprint density at radius 2 is 0.969 bits per heavy atom. The van der Waals surface area contributed by atoms with Crippen LogP contribution in [0.15, 0.2) is 121 Å². The summed E-state index contributed by atoms with van der Waals surface area (Å²) < 4.78 is 0. The fourth-order valence-electron chi connectivity index (χ4n) is 4.17. The van der Waals surface area contributed by atoms with Gasteiger partial charge in [-0.3, -0.25) is 14.6 Å². The SMILES string of the molecule is C.C.C=C(C)NC.C=C(NC)C(C)(C)C.CC.CC.CC.CC.CC.CC.CN=Cc1ccccc1.CNC(=O)C1CCCCC1.CNC(=O)c1ccccc1.CNCc1ccccc1. The third-order valence-corrected chi connectivity index (χ3v) is 7.42. The van der Waals surface area contributed by atoms with Crippen LogP contribution in [0.25, 0.3) is 0 Å². The minimum atomic E-state index is -0.0411. The summed E-state index contributed by atoms with van der Waals surface area (Å²) in [5, 5.41) is 14.2. The van der Waals surface area contributed by atoms with E-state index < -0.39 is 0 Å². The maximum atomic E-state index is 11.1. The van der Waals surface area contributed by atoms with Gasteiger partial charge in [-0.15, -0.1) is 0 Å². The topological polar surface area (TPSA) is 107 Å². The lowest BCUT2D eigenvalue weighted by Crippen LogP contribution is -2.28. The maximum absolute atomic E-state index is 11.1. The zero-order chi connectivity index (χ0) is 50.9. The fourth-order valence-corrected chi connectivity index (χ4v) is 4.17. The van der Waals surface area contributed by atoms with E-state index in [1.54, 1.807) is 33.3 Å². The van der Waals surface area contributed by atoms with Crippen LogP contribution in [0, 0.1) is 11.3 Å². The predicted octanol–water partition coefficient (Wildman–Crippen LogP) is 15.4. The van der Waals surface area contributed by atoms with Gasteiger partial charge in [-0.05, 0) is 55.8 Å². The molecule has 8 nitrogen and oxygen atoms in total. The molecule has 0 heterocycles. The summed E-state index contributed by atoms with van der Waals surface area (Å²) in [6.45, 7) is 40.7. The van der Waals surface area contributed by atoms with Crippen molar-refractivity contribution in [2.45, 2.75) is 164 Å². The molecule has 0 saturated heterocycles. The van der Waals surface area contributed by atoms with Crippen LogP contribution in [0.4, 0.5) is 0 Å². The molecule has 0 atom stereocenters. The number of hydrogen-bond donors (Lipinski definition) is 5. The number of amides is 2. The van der Waals surface area contributed by atoms with Gasteiger partial charge < -0.3 is 26.6 Å². The van der Waals surface area contributed by atoms with Crippen LogP contribution < -0.4 is 26.6 Å². The van der Waals surface area contributed by atoms with Crippen molar-refractivity contribution in [1.29, 1.82) is 0 Å². The zero-order valence-electron chi connectivity index (χ0n) is 45.2. The highest BCUT2D eigenvalue weighted by atomic mass is 16.2. The molecule has 1 aliphatic carbocycles. The summed E-state index contributed by atoms with van der Waals surface area (Å²) >= 11 is 0. The molecule has 4 rings (SSSR count). The van der Waals surface area contributed by atoms with Gasteiger partial charge in [-0.25, -0.2) is 0 Å². The van der Waals surface area contributed by atoms with E-state index in [9.17, 15) is 9.59 Å².